The highest BCUT2D eigenvalue weighted by molar-refractivity contribution is 5.98. The molecule has 2 amide bonds. The Bertz CT molecular complexity index is 649. The fraction of sp³-hybridized carbons (Fsp3) is 0.500. The number of carbonyl (C=O) groups excluding carboxylic acids is 2. The summed E-state index contributed by atoms with van der Waals surface area (Å²) in [6, 6.07) is 6.85. The first-order valence-electron chi connectivity index (χ1n) is 8.11. The summed E-state index contributed by atoms with van der Waals surface area (Å²) in [5, 5.41) is 11.0. The number of amides is 2. The number of rotatable bonds is 4. The maximum Gasteiger partial charge on any atom is 0.322 e. The summed E-state index contributed by atoms with van der Waals surface area (Å²) in [6.45, 7) is 6.30. The maximum absolute atomic E-state index is 12.8. The Morgan fingerprint density at radius 3 is 2.62 bits per heavy atom. The van der Waals surface area contributed by atoms with Crippen LogP contribution in [0.25, 0.3) is 0 Å². The first kappa shape index (κ1) is 18.0. The van der Waals surface area contributed by atoms with E-state index in [2.05, 4.69) is 26.1 Å². The zero-order chi connectivity index (χ0) is 17.9. The van der Waals surface area contributed by atoms with Gasteiger partial charge in [-0.05, 0) is 36.0 Å². The van der Waals surface area contributed by atoms with Gasteiger partial charge in [0.15, 0.2) is 0 Å². The van der Waals surface area contributed by atoms with E-state index in [0.29, 0.717) is 18.5 Å². The number of carbonyl (C=O) groups is 3. The van der Waals surface area contributed by atoms with Crippen molar-refractivity contribution >= 4 is 17.8 Å². The molecule has 2 rings (SSSR count). The van der Waals surface area contributed by atoms with Gasteiger partial charge < -0.3 is 15.3 Å². The third-order valence-electron chi connectivity index (χ3n) is 4.21. The fourth-order valence-electron chi connectivity index (χ4n) is 2.85. The minimum atomic E-state index is -1.10. The van der Waals surface area contributed by atoms with Crippen molar-refractivity contribution in [1.82, 2.24) is 10.2 Å². The third kappa shape index (κ3) is 4.13. The third-order valence-corrected chi connectivity index (χ3v) is 4.21. The molecule has 0 aromatic heterocycles. The van der Waals surface area contributed by atoms with Gasteiger partial charge in [0.1, 0.15) is 12.6 Å². The zero-order valence-electron chi connectivity index (χ0n) is 14.3. The number of carboxylic acids is 1. The van der Waals surface area contributed by atoms with Crippen LogP contribution in [0.2, 0.25) is 0 Å². The monoisotopic (exact) mass is 332 g/mol. The van der Waals surface area contributed by atoms with Gasteiger partial charge in [-0.25, -0.2) is 0 Å². The predicted octanol–water partition coefficient (Wildman–Crippen LogP) is 1.79. The SMILES string of the molecule is CC(C)(C)c1cccc(C(=O)N2CCCC2C(=O)NCC(=O)O)c1. The number of hydrogen-bond donors (Lipinski definition) is 2. The Hall–Kier alpha value is -2.37. The zero-order valence-corrected chi connectivity index (χ0v) is 14.3. The van der Waals surface area contributed by atoms with Crippen molar-refractivity contribution in [3.05, 3.63) is 35.4 Å². The van der Waals surface area contributed by atoms with Gasteiger partial charge in [0.05, 0.1) is 0 Å². The summed E-state index contributed by atoms with van der Waals surface area (Å²) in [6.07, 6.45) is 1.28. The van der Waals surface area contributed by atoms with Crippen LogP contribution >= 0.6 is 0 Å². The highest BCUT2D eigenvalue weighted by atomic mass is 16.4. The van der Waals surface area contributed by atoms with Crippen molar-refractivity contribution in [1.29, 1.82) is 0 Å². The molecule has 1 aromatic carbocycles. The lowest BCUT2D eigenvalue weighted by Crippen LogP contribution is -2.47. The van der Waals surface area contributed by atoms with E-state index >= 15 is 0 Å². The summed E-state index contributed by atoms with van der Waals surface area (Å²) >= 11 is 0. The largest absolute Gasteiger partial charge is 0.480 e. The van der Waals surface area contributed by atoms with Crippen molar-refractivity contribution in [2.24, 2.45) is 0 Å². The number of carboxylic acid groups (broad SMARTS) is 1. The standard InChI is InChI=1S/C18H24N2O4/c1-18(2,3)13-7-4-6-12(10-13)17(24)20-9-5-8-14(20)16(23)19-11-15(21)22/h4,6-7,10,14H,5,8-9,11H2,1-3H3,(H,19,23)(H,21,22). The summed E-state index contributed by atoms with van der Waals surface area (Å²) in [7, 11) is 0. The molecule has 6 heteroatoms. The van der Waals surface area contributed by atoms with E-state index in [1.54, 1.807) is 11.0 Å². The molecule has 1 unspecified atom stereocenters. The minimum Gasteiger partial charge on any atom is -0.480 e. The number of benzene rings is 1. The van der Waals surface area contributed by atoms with Crippen LogP contribution < -0.4 is 5.32 Å². The lowest BCUT2D eigenvalue weighted by atomic mass is 9.86. The lowest BCUT2D eigenvalue weighted by molar-refractivity contribution is -0.138. The van der Waals surface area contributed by atoms with E-state index in [-0.39, 0.29) is 11.3 Å². The first-order chi connectivity index (χ1) is 11.2. The quantitative estimate of drug-likeness (QED) is 0.880. The average molecular weight is 332 g/mol. The Balaban J connectivity index is 2.16. The Kier molecular flexibility index (Phi) is 5.26. The molecule has 24 heavy (non-hydrogen) atoms. The molecule has 1 saturated heterocycles. The molecule has 1 aliphatic rings. The van der Waals surface area contributed by atoms with Gasteiger partial charge in [0.25, 0.3) is 5.91 Å². The molecular weight excluding hydrogens is 308 g/mol. The van der Waals surface area contributed by atoms with Crippen LogP contribution in [-0.4, -0.2) is 46.9 Å². The van der Waals surface area contributed by atoms with Crippen molar-refractivity contribution in [3.8, 4) is 0 Å². The highest BCUT2D eigenvalue weighted by Crippen LogP contribution is 2.25. The summed E-state index contributed by atoms with van der Waals surface area (Å²) in [5.74, 6) is -1.69. The van der Waals surface area contributed by atoms with Gasteiger partial charge in [0.2, 0.25) is 5.91 Å². The topological polar surface area (TPSA) is 86.7 Å². The summed E-state index contributed by atoms with van der Waals surface area (Å²) in [4.78, 5) is 37.1. The van der Waals surface area contributed by atoms with E-state index in [1.807, 2.05) is 18.2 Å². The molecule has 1 atom stereocenters. The molecule has 0 radical (unpaired) electrons. The van der Waals surface area contributed by atoms with E-state index in [0.717, 1.165) is 12.0 Å². The van der Waals surface area contributed by atoms with Crippen LogP contribution in [0.5, 0.6) is 0 Å². The molecule has 6 nitrogen and oxygen atoms in total. The summed E-state index contributed by atoms with van der Waals surface area (Å²) in [5.41, 5.74) is 1.54. The average Bonchev–Trinajstić information content (AvgIpc) is 3.00. The van der Waals surface area contributed by atoms with Gasteiger partial charge in [-0.1, -0.05) is 32.9 Å². The smallest absolute Gasteiger partial charge is 0.322 e. The molecule has 130 valence electrons. The van der Waals surface area contributed by atoms with Gasteiger partial charge in [-0.3, -0.25) is 14.4 Å². The van der Waals surface area contributed by atoms with E-state index in [4.69, 9.17) is 5.11 Å². The van der Waals surface area contributed by atoms with Gasteiger partial charge in [-0.15, -0.1) is 0 Å². The van der Waals surface area contributed by atoms with Crippen LogP contribution in [0.4, 0.5) is 0 Å². The predicted molar refractivity (Wildman–Crippen MR) is 89.8 cm³/mol. The van der Waals surface area contributed by atoms with Gasteiger partial charge >= 0.3 is 5.97 Å². The Labute approximate surface area is 141 Å². The Morgan fingerprint density at radius 2 is 2.00 bits per heavy atom. The Morgan fingerprint density at radius 1 is 1.29 bits per heavy atom. The summed E-state index contributed by atoms with van der Waals surface area (Å²) < 4.78 is 0. The van der Waals surface area contributed by atoms with Crippen LogP contribution in [0.15, 0.2) is 24.3 Å². The number of likely N-dealkylation sites (tertiary alicyclic amines) is 1. The van der Waals surface area contributed by atoms with Crippen molar-refractivity contribution in [2.75, 3.05) is 13.1 Å². The second kappa shape index (κ2) is 7.03. The molecule has 1 aromatic rings. The normalized spacial score (nSPS) is 17.6. The number of hydrogen-bond acceptors (Lipinski definition) is 3. The van der Waals surface area contributed by atoms with Crippen molar-refractivity contribution in [3.63, 3.8) is 0 Å². The van der Waals surface area contributed by atoms with Crippen LogP contribution in [0.1, 0.15) is 49.5 Å². The molecule has 0 bridgehead atoms. The molecule has 1 heterocycles. The van der Waals surface area contributed by atoms with Crippen LogP contribution in [0, 0.1) is 0 Å². The van der Waals surface area contributed by atoms with E-state index < -0.39 is 24.5 Å². The molecule has 1 fully saturated rings. The van der Waals surface area contributed by atoms with E-state index in [9.17, 15) is 14.4 Å². The molecule has 0 aliphatic carbocycles. The molecule has 2 N–H and O–H groups in total. The second-order valence-corrected chi connectivity index (χ2v) is 7.10. The lowest BCUT2D eigenvalue weighted by Gasteiger charge is -2.25. The van der Waals surface area contributed by atoms with Gasteiger partial charge in [0, 0.05) is 12.1 Å². The van der Waals surface area contributed by atoms with Crippen molar-refractivity contribution in [2.45, 2.75) is 45.1 Å². The maximum atomic E-state index is 12.8. The van der Waals surface area contributed by atoms with Gasteiger partial charge in [-0.2, -0.15) is 0 Å². The number of nitrogens with zero attached hydrogens (tertiary/aromatic N) is 1. The molecule has 1 aliphatic heterocycles. The fourth-order valence-corrected chi connectivity index (χ4v) is 2.85. The van der Waals surface area contributed by atoms with Crippen molar-refractivity contribution < 1.29 is 19.5 Å². The van der Waals surface area contributed by atoms with Crippen LogP contribution in [-0.2, 0) is 15.0 Å². The highest BCUT2D eigenvalue weighted by Gasteiger charge is 2.34. The van der Waals surface area contributed by atoms with E-state index in [1.165, 1.54) is 0 Å². The second-order valence-electron chi connectivity index (χ2n) is 7.10. The minimum absolute atomic E-state index is 0.0699. The molecular formula is C18H24N2O4. The molecule has 0 spiro atoms. The van der Waals surface area contributed by atoms with Crippen LogP contribution in [0.3, 0.4) is 0 Å². The first-order valence-corrected chi connectivity index (χ1v) is 8.11. The number of aliphatic carboxylic acids is 1. The number of nitrogens with one attached hydrogen (secondary N) is 1. The molecule has 0 saturated carbocycles.